The first-order valence-electron chi connectivity index (χ1n) is 7.96. The number of esters is 1. The molecule has 0 heterocycles. The molecule has 0 aromatic heterocycles. The summed E-state index contributed by atoms with van der Waals surface area (Å²) in [4.78, 5) is 23.3. The van der Waals surface area contributed by atoms with E-state index < -0.39 is 5.97 Å². The summed E-state index contributed by atoms with van der Waals surface area (Å²) in [6, 6.07) is 13.7. The first-order valence-corrected chi connectivity index (χ1v) is 7.96. The third-order valence-corrected chi connectivity index (χ3v) is 3.32. The monoisotopic (exact) mass is 343 g/mol. The average Bonchev–Trinajstić information content (AvgIpc) is 2.63. The van der Waals surface area contributed by atoms with Gasteiger partial charge in [0.1, 0.15) is 11.5 Å². The van der Waals surface area contributed by atoms with E-state index in [4.69, 9.17) is 9.47 Å². The van der Waals surface area contributed by atoms with Gasteiger partial charge in [-0.3, -0.25) is 4.79 Å². The third kappa shape index (κ3) is 5.84. The number of nitrogens with one attached hydrogen (secondary N) is 1. The highest BCUT2D eigenvalue weighted by Crippen LogP contribution is 2.17. The summed E-state index contributed by atoms with van der Waals surface area (Å²) < 4.78 is 15.5. The van der Waals surface area contributed by atoms with E-state index in [2.05, 4.69) is 10.1 Å². The Kier molecular flexibility index (Phi) is 6.83. The third-order valence-electron chi connectivity index (χ3n) is 3.32. The van der Waals surface area contributed by atoms with Gasteiger partial charge < -0.3 is 19.5 Å². The van der Waals surface area contributed by atoms with E-state index in [-0.39, 0.29) is 18.9 Å². The predicted octanol–water partition coefficient (Wildman–Crippen LogP) is 3.28. The van der Waals surface area contributed by atoms with Crippen molar-refractivity contribution >= 4 is 17.6 Å². The molecule has 1 amide bonds. The summed E-state index contributed by atoms with van der Waals surface area (Å²) in [7, 11) is 1.32. The normalized spacial score (nSPS) is 10.0. The maximum atomic E-state index is 11.9. The van der Waals surface area contributed by atoms with E-state index in [1.165, 1.54) is 7.11 Å². The molecular formula is C19H21NO5. The van der Waals surface area contributed by atoms with Gasteiger partial charge in [0.15, 0.2) is 0 Å². The smallest absolute Gasteiger partial charge is 0.337 e. The minimum atomic E-state index is -0.415. The van der Waals surface area contributed by atoms with E-state index in [9.17, 15) is 9.59 Å². The minimum absolute atomic E-state index is 0.170. The molecule has 2 rings (SSSR count). The lowest BCUT2D eigenvalue weighted by Gasteiger charge is -2.09. The molecule has 0 bridgehead atoms. The number of rotatable bonds is 8. The molecule has 0 saturated heterocycles. The number of anilines is 1. The second-order valence-corrected chi connectivity index (χ2v) is 5.12. The number of carbonyl (C=O) groups is 2. The highest BCUT2D eigenvalue weighted by molar-refractivity contribution is 5.93. The van der Waals surface area contributed by atoms with Crippen molar-refractivity contribution in [1.82, 2.24) is 0 Å². The largest absolute Gasteiger partial charge is 0.494 e. The molecule has 2 aromatic carbocycles. The van der Waals surface area contributed by atoms with E-state index in [0.29, 0.717) is 23.6 Å². The van der Waals surface area contributed by atoms with Crippen LogP contribution in [0.3, 0.4) is 0 Å². The number of carbonyl (C=O) groups excluding carboxylic acids is 2. The zero-order chi connectivity index (χ0) is 18.1. The molecule has 0 spiro atoms. The second-order valence-electron chi connectivity index (χ2n) is 5.12. The van der Waals surface area contributed by atoms with Gasteiger partial charge in [-0.15, -0.1) is 0 Å². The maximum absolute atomic E-state index is 11.9. The number of benzene rings is 2. The quantitative estimate of drug-likeness (QED) is 0.745. The van der Waals surface area contributed by atoms with Crippen LogP contribution in [0, 0.1) is 0 Å². The van der Waals surface area contributed by atoms with Gasteiger partial charge in [0.2, 0.25) is 5.91 Å². The van der Waals surface area contributed by atoms with Gasteiger partial charge in [-0.25, -0.2) is 4.79 Å². The zero-order valence-corrected chi connectivity index (χ0v) is 14.3. The van der Waals surface area contributed by atoms with Gasteiger partial charge in [-0.05, 0) is 55.5 Å². The SMILES string of the molecule is CCOc1ccc(OCCC(=O)Nc2ccc(C(=O)OC)cc2)cc1. The van der Waals surface area contributed by atoms with E-state index in [1.807, 2.05) is 19.1 Å². The summed E-state index contributed by atoms with van der Waals surface area (Å²) in [6.45, 7) is 2.80. The molecule has 2 aromatic rings. The molecule has 0 aliphatic carbocycles. The van der Waals surface area contributed by atoms with Crippen molar-refractivity contribution in [2.75, 3.05) is 25.6 Å². The van der Waals surface area contributed by atoms with Crippen molar-refractivity contribution in [2.45, 2.75) is 13.3 Å². The molecule has 0 fully saturated rings. The van der Waals surface area contributed by atoms with Crippen LogP contribution in [-0.2, 0) is 9.53 Å². The molecule has 25 heavy (non-hydrogen) atoms. The standard InChI is InChI=1S/C19H21NO5/c1-3-24-16-8-10-17(11-9-16)25-13-12-18(21)20-15-6-4-14(5-7-15)19(22)23-2/h4-11H,3,12-13H2,1-2H3,(H,20,21). The van der Waals surface area contributed by atoms with Gasteiger partial charge in [0, 0.05) is 5.69 Å². The van der Waals surface area contributed by atoms with Crippen molar-refractivity contribution in [2.24, 2.45) is 0 Å². The summed E-state index contributed by atoms with van der Waals surface area (Å²) in [5, 5.41) is 2.75. The van der Waals surface area contributed by atoms with E-state index in [0.717, 1.165) is 5.75 Å². The summed E-state index contributed by atoms with van der Waals surface area (Å²) in [5.41, 5.74) is 1.04. The Morgan fingerprint density at radius 1 is 0.920 bits per heavy atom. The van der Waals surface area contributed by atoms with E-state index in [1.54, 1.807) is 36.4 Å². The van der Waals surface area contributed by atoms with Crippen LogP contribution in [-0.4, -0.2) is 32.2 Å². The van der Waals surface area contributed by atoms with Crippen LogP contribution in [0.15, 0.2) is 48.5 Å². The maximum Gasteiger partial charge on any atom is 0.337 e. The average molecular weight is 343 g/mol. The van der Waals surface area contributed by atoms with Gasteiger partial charge in [0.05, 0.1) is 32.3 Å². The molecule has 0 atom stereocenters. The first kappa shape index (κ1) is 18.3. The molecule has 0 unspecified atom stereocenters. The highest BCUT2D eigenvalue weighted by Gasteiger charge is 2.07. The van der Waals surface area contributed by atoms with Gasteiger partial charge in [-0.2, -0.15) is 0 Å². The fourth-order valence-electron chi connectivity index (χ4n) is 2.09. The minimum Gasteiger partial charge on any atom is -0.494 e. The Labute approximate surface area is 146 Å². The Bertz CT molecular complexity index is 695. The second kappa shape index (κ2) is 9.32. The molecule has 1 N–H and O–H groups in total. The number of hydrogen-bond acceptors (Lipinski definition) is 5. The lowest BCUT2D eigenvalue weighted by atomic mass is 10.2. The van der Waals surface area contributed by atoms with Gasteiger partial charge in [-0.1, -0.05) is 0 Å². The summed E-state index contributed by atoms with van der Waals surface area (Å²) in [6.07, 6.45) is 0.214. The van der Waals surface area contributed by atoms with Crippen LogP contribution in [0.2, 0.25) is 0 Å². The topological polar surface area (TPSA) is 73.9 Å². The molecule has 6 nitrogen and oxygen atoms in total. The Morgan fingerprint density at radius 3 is 2.08 bits per heavy atom. The number of methoxy groups -OCH3 is 1. The van der Waals surface area contributed by atoms with Crippen LogP contribution in [0.1, 0.15) is 23.7 Å². The van der Waals surface area contributed by atoms with Crippen molar-refractivity contribution in [3.8, 4) is 11.5 Å². The predicted molar refractivity (Wildman–Crippen MR) is 94.1 cm³/mol. The van der Waals surface area contributed by atoms with Crippen LogP contribution >= 0.6 is 0 Å². The Balaban J connectivity index is 1.75. The van der Waals surface area contributed by atoms with E-state index >= 15 is 0 Å². The van der Waals surface area contributed by atoms with Crippen molar-refractivity contribution in [3.05, 3.63) is 54.1 Å². The van der Waals surface area contributed by atoms with Crippen molar-refractivity contribution in [3.63, 3.8) is 0 Å². The molecule has 0 aliphatic rings. The Hall–Kier alpha value is -3.02. The highest BCUT2D eigenvalue weighted by atomic mass is 16.5. The molecular weight excluding hydrogens is 322 g/mol. The fraction of sp³-hybridized carbons (Fsp3) is 0.263. The number of hydrogen-bond donors (Lipinski definition) is 1. The molecule has 132 valence electrons. The van der Waals surface area contributed by atoms with Crippen molar-refractivity contribution < 1.29 is 23.8 Å². The molecule has 6 heteroatoms. The molecule has 0 saturated carbocycles. The zero-order valence-electron chi connectivity index (χ0n) is 14.3. The number of ether oxygens (including phenoxy) is 3. The first-order chi connectivity index (χ1) is 12.1. The summed E-state index contributed by atoms with van der Waals surface area (Å²) >= 11 is 0. The van der Waals surface area contributed by atoms with Crippen LogP contribution < -0.4 is 14.8 Å². The molecule has 0 radical (unpaired) electrons. The number of amides is 1. The van der Waals surface area contributed by atoms with Gasteiger partial charge in [0.25, 0.3) is 0 Å². The van der Waals surface area contributed by atoms with Crippen molar-refractivity contribution in [1.29, 1.82) is 0 Å². The van der Waals surface area contributed by atoms with Crippen LogP contribution in [0.25, 0.3) is 0 Å². The molecule has 0 aliphatic heterocycles. The lowest BCUT2D eigenvalue weighted by molar-refractivity contribution is -0.116. The van der Waals surface area contributed by atoms with Gasteiger partial charge >= 0.3 is 5.97 Å². The summed E-state index contributed by atoms with van der Waals surface area (Å²) in [5.74, 6) is 0.875. The lowest BCUT2D eigenvalue weighted by Crippen LogP contribution is -2.15. The fourth-order valence-corrected chi connectivity index (χ4v) is 2.09. The Morgan fingerprint density at radius 2 is 1.52 bits per heavy atom. The van der Waals surface area contributed by atoms with Crippen LogP contribution in [0.4, 0.5) is 5.69 Å². The van der Waals surface area contributed by atoms with Crippen LogP contribution in [0.5, 0.6) is 11.5 Å².